The minimum absolute atomic E-state index is 0.0344. The molecule has 0 bridgehead atoms. The number of para-hydroxylation sites is 2. The van der Waals surface area contributed by atoms with E-state index in [4.69, 9.17) is 4.42 Å². The molecular weight excluding hydrogens is 375 g/mol. The van der Waals surface area contributed by atoms with Crippen LogP contribution in [0.2, 0.25) is 0 Å². The fraction of sp³-hybridized carbons (Fsp3) is 0.222. The average Bonchev–Trinajstić information content (AvgIpc) is 3.22. The van der Waals surface area contributed by atoms with Crippen LogP contribution in [0.4, 0.5) is 13.2 Å². The van der Waals surface area contributed by atoms with E-state index >= 15 is 0 Å². The van der Waals surface area contributed by atoms with E-state index in [-0.39, 0.29) is 23.4 Å². The highest BCUT2D eigenvalue weighted by Gasteiger charge is 2.35. The Morgan fingerprint density at radius 2 is 2.00 bits per heavy atom. The number of amides is 1. The van der Waals surface area contributed by atoms with Crippen molar-refractivity contribution in [1.82, 2.24) is 24.5 Å². The van der Waals surface area contributed by atoms with Crippen molar-refractivity contribution in [3.63, 3.8) is 0 Å². The lowest BCUT2D eigenvalue weighted by atomic mass is 10.2. The molecule has 0 aliphatic heterocycles. The summed E-state index contributed by atoms with van der Waals surface area (Å²) in [6, 6.07) is 8.04. The van der Waals surface area contributed by atoms with Crippen LogP contribution in [0.5, 0.6) is 0 Å². The molecule has 1 amide bonds. The lowest BCUT2D eigenvalue weighted by Gasteiger charge is -2.14. The third-order valence-corrected chi connectivity index (χ3v) is 4.18. The number of hydrogen-bond acceptors (Lipinski definition) is 5. The van der Waals surface area contributed by atoms with Crippen molar-refractivity contribution in [2.75, 3.05) is 7.05 Å². The molecule has 0 radical (unpaired) electrons. The maximum atomic E-state index is 13.3. The predicted molar refractivity (Wildman–Crippen MR) is 92.5 cm³/mol. The number of oxazole rings is 1. The monoisotopic (exact) mass is 389 g/mol. The minimum atomic E-state index is -4.62. The van der Waals surface area contributed by atoms with Crippen molar-refractivity contribution in [3.05, 3.63) is 59.4 Å². The molecule has 7 nitrogen and oxygen atoms in total. The first-order chi connectivity index (χ1) is 13.2. The van der Waals surface area contributed by atoms with Crippen molar-refractivity contribution < 1.29 is 22.4 Å². The Hall–Kier alpha value is -3.43. The topological polar surface area (TPSA) is 76.5 Å². The van der Waals surface area contributed by atoms with E-state index in [1.54, 1.807) is 18.2 Å². The maximum absolute atomic E-state index is 13.3. The summed E-state index contributed by atoms with van der Waals surface area (Å²) in [7, 11) is 1.50. The second-order valence-corrected chi connectivity index (χ2v) is 6.31. The van der Waals surface area contributed by atoms with Gasteiger partial charge in [-0.3, -0.25) is 4.79 Å². The quantitative estimate of drug-likeness (QED) is 0.536. The molecule has 0 aliphatic rings. The van der Waals surface area contributed by atoms with Crippen LogP contribution in [0, 0.1) is 6.92 Å². The molecule has 4 rings (SSSR count). The van der Waals surface area contributed by atoms with Crippen molar-refractivity contribution in [2.45, 2.75) is 19.6 Å². The average molecular weight is 389 g/mol. The zero-order valence-electron chi connectivity index (χ0n) is 14.9. The number of aryl methyl sites for hydroxylation is 1. The zero-order chi connectivity index (χ0) is 20.1. The number of nitrogens with zero attached hydrogens (tertiary/aromatic N) is 5. The highest BCUT2D eigenvalue weighted by Crippen LogP contribution is 2.30. The van der Waals surface area contributed by atoms with E-state index in [9.17, 15) is 18.0 Å². The van der Waals surface area contributed by atoms with Crippen LogP contribution in [-0.4, -0.2) is 37.4 Å². The van der Waals surface area contributed by atoms with Crippen LogP contribution < -0.4 is 0 Å². The van der Waals surface area contributed by atoms with Crippen molar-refractivity contribution >= 4 is 22.7 Å². The molecule has 4 aromatic rings. The zero-order valence-corrected chi connectivity index (χ0v) is 14.9. The predicted octanol–water partition coefficient (Wildman–Crippen LogP) is 3.47. The Morgan fingerprint density at radius 3 is 2.71 bits per heavy atom. The van der Waals surface area contributed by atoms with Gasteiger partial charge in [-0.05, 0) is 25.1 Å². The van der Waals surface area contributed by atoms with Crippen LogP contribution >= 0.6 is 0 Å². The summed E-state index contributed by atoms with van der Waals surface area (Å²) in [6.07, 6.45) is -3.54. The summed E-state index contributed by atoms with van der Waals surface area (Å²) >= 11 is 0. The number of fused-ring (bicyclic) bond motifs is 2. The van der Waals surface area contributed by atoms with E-state index in [1.807, 2.05) is 6.07 Å². The highest BCUT2D eigenvalue weighted by atomic mass is 19.4. The summed E-state index contributed by atoms with van der Waals surface area (Å²) in [4.78, 5) is 22.4. The van der Waals surface area contributed by atoms with Gasteiger partial charge in [0.05, 0.1) is 12.7 Å². The molecule has 0 spiro atoms. The molecular formula is C18H14F3N5O2. The number of benzene rings is 1. The van der Waals surface area contributed by atoms with Gasteiger partial charge in [0.25, 0.3) is 5.91 Å². The molecule has 1 aromatic carbocycles. The third-order valence-electron chi connectivity index (χ3n) is 4.18. The molecule has 0 saturated heterocycles. The van der Waals surface area contributed by atoms with Gasteiger partial charge in [-0.25, -0.2) is 14.5 Å². The summed E-state index contributed by atoms with van der Waals surface area (Å²) in [5.74, 6) is -0.225. The molecule has 28 heavy (non-hydrogen) atoms. The first-order valence-corrected chi connectivity index (χ1v) is 8.26. The number of hydrogen-bond donors (Lipinski definition) is 0. The first-order valence-electron chi connectivity index (χ1n) is 8.26. The first kappa shape index (κ1) is 18.0. The Balaban J connectivity index is 1.67. The molecule has 3 aromatic heterocycles. The molecule has 0 saturated carbocycles. The molecule has 0 atom stereocenters. The van der Waals surface area contributed by atoms with Crippen molar-refractivity contribution in [1.29, 1.82) is 0 Å². The van der Waals surface area contributed by atoms with Crippen LogP contribution in [0.15, 0.2) is 40.9 Å². The SMILES string of the molecule is Cc1cc(C(F)(F)F)n2ncc(C(=O)N(C)Cc3nc4ccccc4o3)c2n1. The van der Waals surface area contributed by atoms with Gasteiger partial charge in [-0.1, -0.05) is 12.1 Å². The summed E-state index contributed by atoms with van der Waals surface area (Å²) in [5, 5.41) is 3.72. The van der Waals surface area contributed by atoms with E-state index in [2.05, 4.69) is 15.1 Å². The fourth-order valence-corrected chi connectivity index (χ4v) is 2.90. The molecule has 0 unspecified atom stereocenters. The van der Waals surface area contributed by atoms with E-state index in [0.717, 1.165) is 12.3 Å². The molecule has 144 valence electrons. The highest BCUT2D eigenvalue weighted by molar-refractivity contribution is 5.99. The minimum Gasteiger partial charge on any atom is -0.439 e. The van der Waals surface area contributed by atoms with Gasteiger partial charge in [0.2, 0.25) is 5.89 Å². The number of carbonyl (C=O) groups is 1. The number of aromatic nitrogens is 4. The van der Waals surface area contributed by atoms with Crippen LogP contribution in [0.25, 0.3) is 16.7 Å². The molecule has 3 heterocycles. The molecule has 0 fully saturated rings. The second kappa shape index (κ2) is 6.32. The third kappa shape index (κ3) is 3.06. The number of carbonyl (C=O) groups excluding carboxylic acids is 1. The van der Waals surface area contributed by atoms with E-state index < -0.39 is 17.8 Å². The lowest BCUT2D eigenvalue weighted by Crippen LogP contribution is -2.26. The summed E-state index contributed by atoms with van der Waals surface area (Å²) in [6.45, 7) is 1.47. The van der Waals surface area contributed by atoms with Gasteiger partial charge >= 0.3 is 6.18 Å². The fourth-order valence-electron chi connectivity index (χ4n) is 2.90. The lowest BCUT2D eigenvalue weighted by molar-refractivity contribution is -0.142. The van der Waals surface area contributed by atoms with Crippen molar-refractivity contribution in [2.24, 2.45) is 0 Å². The largest absolute Gasteiger partial charge is 0.439 e. The van der Waals surface area contributed by atoms with Gasteiger partial charge in [0, 0.05) is 12.7 Å². The Morgan fingerprint density at radius 1 is 1.25 bits per heavy atom. The Labute approximate surface area is 156 Å². The summed E-state index contributed by atoms with van der Waals surface area (Å²) in [5.41, 5.74) is 0.198. The number of halogens is 3. The van der Waals surface area contributed by atoms with Crippen molar-refractivity contribution in [3.8, 4) is 0 Å². The van der Waals surface area contributed by atoms with E-state index in [0.29, 0.717) is 21.5 Å². The molecule has 10 heteroatoms. The van der Waals surface area contributed by atoms with Crippen LogP contribution in [0.3, 0.4) is 0 Å². The smallest absolute Gasteiger partial charge is 0.433 e. The number of alkyl halides is 3. The second-order valence-electron chi connectivity index (χ2n) is 6.31. The molecule has 0 N–H and O–H groups in total. The van der Waals surface area contributed by atoms with Gasteiger partial charge < -0.3 is 9.32 Å². The normalized spacial score (nSPS) is 12.0. The Bertz CT molecular complexity index is 1160. The van der Waals surface area contributed by atoms with Gasteiger partial charge in [-0.2, -0.15) is 18.3 Å². The number of rotatable bonds is 3. The molecule has 0 aliphatic carbocycles. The summed E-state index contributed by atoms with van der Waals surface area (Å²) < 4.78 is 46.0. The van der Waals surface area contributed by atoms with E-state index in [1.165, 1.54) is 18.9 Å². The Kier molecular flexibility index (Phi) is 4.06. The van der Waals surface area contributed by atoms with Crippen LogP contribution in [-0.2, 0) is 12.7 Å². The van der Waals surface area contributed by atoms with Gasteiger partial charge in [-0.15, -0.1) is 0 Å². The maximum Gasteiger partial charge on any atom is 0.433 e. The van der Waals surface area contributed by atoms with Crippen LogP contribution in [0.1, 0.15) is 27.6 Å². The standard InChI is InChI=1S/C18H14F3N5O2/c1-10-7-14(18(19,20)21)26-16(23-10)11(8-22-26)17(27)25(2)9-15-24-12-5-3-4-6-13(12)28-15/h3-8H,9H2,1-2H3. The van der Waals surface area contributed by atoms with Gasteiger partial charge in [0.15, 0.2) is 11.2 Å². The van der Waals surface area contributed by atoms with Gasteiger partial charge in [0.1, 0.15) is 16.8 Å².